The smallest absolute Gasteiger partial charge is 0.223 e. The van der Waals surface area contributed by atoms with Crippen molar-refractivity contribution in [1.29, 1.82) is 0 Å². The molecule has 2 aromatic rings. The molecule has 0 spiro atoms. The summed E-state index contributed by atoms with van der Waals surface area (Å²) in [5.41, 5.74) is 13.2. The lowest BCUT2D eigenvalue weighted by molar-refractivity contribution is 1.16. The average molecular weight is 299 g/mol. The number of nitrogens with zero attached hydrogens (tertiary/aromatic N) is 2. The lowest BCUT2D eigenvalue weighted by atomic mass is 10.2. The molecule has 0 unspecified atom stereocenters. The molecule has 0 aliphatic carbocycles. The van der Waals surface area contributed by atoms with E-state index in [1.165, 1.54) is 0 Å². The van der Waals surface area contributed by atoms with Crippen LogP contribution in [0, 0.1) is 6.92 Å². The number of aromatic amines is 1. The number of rotatable bonds is 5. The van der Waals surface area contributed by atoms with Gasteiger partial charge in [-0.15, -0.1) is 0 Å². The summed E-state index contributed by atoms with van der Waals surface area (Å²) in [6.07, 6.45) is 9.21. The Kier molecular flexibility index (Phi) is 4.49. The van der Waals surface area contributed by atoms with Crippen LogP contribution in [0.5, 0.6) is 0 Å². The number of aromatic nitrogens is 3. The van der Waals surface area contributed by atoms with Crippen LogP contribution in [0.2, 0.25) is 0 Å². The van der Waals surface area contributed by atoms with E-state index < -0.39 is 0 Å². The number of nitrogens with two attached hydrogens (primary N) is 2. The Bertz CT molecular complexity index is 755. The number of thioether (sulfide) groups is 1. The van der Waals surface area contributed by atoms with E-state index in [9.17, 15) is 0 Å². The van der Waals surface area contributed by atoms with Gasteiger partial charge in [0.05, 0.1) is 10.4 Å². The molecule has 0 aliphatic heterocycles. The molecule has 0 radical (unpaired) electrons. The fourth-order valence-corrected chi connectivity index (χ4v) is 2.73. The standard InChI is InChI=1S/C15H17N5S/c1-4-6-7-8-10(5-2)21-14-9(3)11-12(16)18-15(17)20-13(11)19-14/h4-8H,1-2H2,3H3,(H5,16,17,18,19,20)/b7-6-,10-8+. The van der Waals surface area contributed by atoms with Gasteiger partial charge in [0.15, 0.2) is 0 Å². The van der Waals surface area contributed by atoms with Crippen LogP contribution in [-0.4, -0.2) is 15.0 Å². The molecule has 0 aromatic carbocycles. The van der Waals surface area contributed by atoms with Gasteiger partial charge in [-0.05, 0) is 18.6 Å². The number of hydrogen-bond acceptors (Lipinski definition) is 5. The molecule has 108 valence electrons. The first-order valence-corrected chi connectivity index (χ1v) is 7.09. The quantitative estimate of drug-likeness (QED) is 0.581. The van der Waals surface area contributed by atoms with Gasteiger partial charge < -0.3 is 16.5 Å². The first-order valence-electron chi connectivity index (χ1n) is 6.27. The lowest BCUT2D eigenvalue weighted by Crippen LogP contribution is -1.99. The van der Waals surface area contributed by atoms with E-state index in [4.69, 9.17) is 11.5 Å². The number of nitrogen functional groups attached to an aromatic ring is 2. The summed E-state index contributed by atoms with van der Waals surface area (Å²) in [6.45, 7) is 9.42. The molecule has 2 aromatic heterocycles. The highest BCUT2D eigenvalue weighted by molar-refractivity contribution is 8.03. The second-order valence-corrected chi connectivity index (χ2v) is 5.35. The van der Waals surface area contributed by atoms with Crippen molar-refractivity contribution in [1.82, 2.24) is 15.0 Å². The number of nitrogens with one attached hydrogen (secondary N) is 1. The van der Waals surface area contributed by atoms with E-state index in [1.54, 1.807) is 23.9 Å². The minimum Gasteiger partial charge on any atom is -0.383 e. The molecule has 2 heterocycles. The monoisotopic (exact) mass is 299 g/mol. The first kappa shape index (κ1) is 14.9. The number of anilines is 2. The third kappa shape index (κ3) is 3.17. The molecular formula is C15H17N5S. The molecule has 5 N–H and O–H groups in total. The van der Waals surface area contributed by atoms with Crippen molar-refractivity contribution in [3.8, 4) is 0 Å². The van der Waals surface area contributed by atoms with Crippen molar-refractivity contribution in [2.75, 3.05) is 11.5 Å². The molecule has 6 heteroatoms. The van der Waals surface area contributed by atoms with Crippen molar-refractivity contribution in [2.45, 2.75) is 11.9 Å². The highest BCUT2D eigenvalue weighted by Crippen LogP contribution is 2.35. The van der Waals surface area contributed by atoms with E-state index in [0.717, 1.165) is 20.9 Å². The second-order valence-electron chi connectivity index (χ2n) is 4.27. The van der Waals surface area contributed by atoms with E-state index >= 15 is 0 Å². The maximum absolute atomic E-state index is 5.92. The van der Waals surface area contributed by atoms with Crippen LogP contribution < -0.4 is 11.5 Å². The predicted molar refractivity (Wildman–Crippen MR) is 90.9 cm³/mol. The second kappa shape index (κ2) is 6.32. The van der Waals surface area contributed by atoms with Gasteiger partial charge in [0.2, 0.25) is 5.95 Å². The Labute approximate surface area is 127 Å². The van der Waals surface area contributed by atoms with Gasteiger partial charge in [-0.2, -0.15) is 9.97 Å². The third-order valence-corrected chi connectivity index (χ3v) is 3.98. The summed E-state index contributed by atoms with van der Waals surface area (Å²) in [6, 6.07) is 0. The van der Waals surface area contributed by atoms with Crippen LogP contribution >= 0.6 is 11.8 Å². The molecule has 0 bridgehead atoms. The van der Waals surface area contributed by atoms with Crippen molar-refractivity contribution < 1.29 is 0 Å². The molecule has 2 rings (SSSR count). The maximum atomic E-state index is 5.92. The molecule has 21 heavy (non-hydrogen) atoms. The predicted octanol–water partition coefficient (Wildman–Crippen LogP) is 3.33. The Morgan fingerprint density at radius 1 is 1.24 bits per heavy atom. The molecular weight excluding hydrogens is 282 g/mol. The van der Waals surface area contributed by atoms with Gasteiger partial charge in [0.25, 0.3) is 0 Å². The van der Waals surface area contributed by atoms with E-state index in [-0.39, 0.29) is 5.95 Å². The number of hydrogen-bond donors (Lipinski definition) is 3. The van der Waals surface area contributed by atoms with E-state index in [1.807, 2.05) is 25.2 Å². The van der Waals surface area contributed by atoms with Crippen molar-refractivity contribution in [3.63, 3.8) is 0 Å². The van der Waals surface area contributed by atoms with Gasteiger partial charge >= 0.3 is 0 Å². The van der Waals surface area contributed by atoms with Crippen LogP contribution in [0.3, 0.4) is 0 Å². The summed E-state index contributed by atoms with van der Waals surface area (Å²) in [4.78, 5) is 12.4. The summed E-state index contributed by atoms with van der Waals surface area (Å²) in [7, 11) is 0. The molecule has 0 saturated heterocycles. The summed E-state index contributed by atoms with van der Waals surface area (Å²) in [5, 5.41) is 1.74. The Morgan fingerprint density at radius 3 is 2.67 bits per heavy atom. The van der Waals surface area contributed by atoms with Crippen LogP contribution in [0.4, 0.5) is 11.8 Å². The zero-order valence-electron chi connectivity index (χ0n) is 11.8. The number of allylic oxidation sites excluding steroid dienone is 5. The minimum absolute atomic E-state index is 0.159. The van der Waals surface area contributed by atoms with Crippen molar-refractivity contribution >= 4 is 34.6 Å². The maximum Gasteiger partial charge on any atom is 0.223 e. The van der Waals surface area contributed by atoms with Gasteiger partial charge in [-0.3, -0.25) is 0 Å². The van der Waals surface area contributed by atoms with Crippen LogP contribution in [0.25, 0.3) is 11.0 Å². The topological polar surface area (TPSA) is 93.6 Å². The first-order chi connectivity index (χ1) is 10.1. The molecule has 0 aliphatic rings. The zero-order chi connectivity index (χ0) is 15.4. The normalized spacial score (nSPS) is 12.1. The SMILES string of the molecule is C=C/C=C\C=C(/C=C)Sc1[nH]c2nc(N)nc(N)c2c1C. The van der Waals surface area contributed by atoms with Gasteiger partial charge in [-0.1, -0.05) is 49.2 Å². The van der Waals surface area contributed by atoms with Crippen molar-refractivity contribution in [3.05, 3.63) is 54.0 Å². The molecule has 5 nitrogen and oxygen atoms in total. The van der Waals surface area contributed by atoms with Crippen molar-refractivity contribution in [2.24, 2.45) is 0 Å². The van der Waals surface area contributed by atoms with E-state index in [2.05, 4.69) is 28.1 Å². The largest absolute Gasteiger partial charge is 0.383 e. The van der Waals surface area contributed by atoms with Gasteiger partial charge in [-0.25, -0.2) is 0 Å². The summed E-state index contributed by atoms with van der Waals surface area (Å²) < 4.78 is 0. The highest BCUT2D eigenvalue weighted by Gasteiger charge is 2.14. The van der Waals surface area contributed by atoms with Crippen LogP contribution in [0.1, 0.15) is 5.56 Å². The fraction of sp³-hybridized carbons (Fsp3) is 0.0667. The van der Waals surface area contributed by atoms with Gasteiger partial charge in [0.1, 0.15) is 11.5 Å². The fourth-order valence-electron chi connectivity index (χ4n) is 1.86. The summed E-state index contributed by atoms with van der Waals surface area (Å²) in [5.74, 6) is 0.542. The molecule has 0 saturated carbocycles. The number of fused-ring (bicyclic) bond motifs is 1. The number of H-pyrrole nitrogens is 1. The van der Waals surface area contributed by atoms with Gasteiger partial charge in [0, 0.05) is 4.91 Å². The van der Waals surface area contributed by atoms with Crippen LogP contribution in [0.15, 0.2) is 53.5 Å². The lowest BCUT2D eigenvalue weighted by Gasteiger charge is -2.00. The number of aryl methyl sites for hydroxylation is 1. The molecule has 0 fully saturated rings. The Morgan fingerprint density at radius 2 is 2.00 bits per heavy atom. The highest BCUT2D eigenvalue weighted by atomic mass is 32.2. The average Bonchev–Trinajstić information content (AvgIpc) is 2.74. The molecule has 0 atom stereocenters. The zero-order valence-corrected chi connectivity index (χ0v) is 12.6. The van der Waals surface area contributed by atoms with E-state index in [0.29, 0.717) is 11.5 Å². The third-order valence-electron chi connectivity index (χ3n) is 2.83. The Hall–Kier alpha value is -2.47. The van der Waals surface area contributed by atoms with Crippen LogP contribution in [-0.2, 0) is 0 Å². The Balaban J connectivity index is 2.43. The minimum atomic E-state index is 0.159. The summed E-state index contributed by atoms with van der Waals surface area (Å²) >= 11 is 1.54. The molecule has 0 amide bonds.